The summed E-state index contributed by atoms with van der Waals surface area (Å²) in [4.78, 5) is 35.3. The van der Waals surface area contributed by atoms with E-state index in [0.717, 1.165) is 5.56 Å². The maximum atomic E-state index is 12.2. The summed E-state index contributed by atoms with van der Waals surface area (Å²) in [6.45, 7) is 4.82. The fourth-order valence-corrected chi connectivity index (χ4v) is 2.44. The third-order valence-electron chi connectivity index (χ3n) is 3.78. The van der Waals surface area contributed by atoms with Crippen molar-refractivity contribution in [3.8, 4) is 0 Å². The van der Waals surface area contributed by atoms with Gasteiger partial charge in [0, 0.05) is 25.1 Å². The van der Waals surface area contributed by atoms with Gasteiger partial charge in [0.05, 0.1) is 19.8 Å². The lowest BCUT2D eigenvalue weighted by Gasteiger charge is -2.21. The average Bonchev–Trinajstić information content (AvgIpc) is 2.63. The van der Waals surface area contributed by atoms with E-state index in [-0.39, 0.29) is 18.0 Å². The molecule has 7 heteroatoms. The minimum absolute atomic E-state index is 0.0823. The lowest BCUT2D eigenvalue weighted by molar-refractivity contribution is -0.164. The van der Waals surface area contributed by atoms with Crippen molar-refractivity contribution in [2.45, 2.75) is 39.3 Å². The summed E-state index contributed by atoms with van der Waals surface area (Å²) in [5.41, 5.74) is 1.75. The maximum Gasteiger partial charge on any atom is 0.347 e. The lowest BCUT2D eigenvalue weighted by Crippen LogP contribution is -2.31. The van der Waals surface area contributed by atoms with E-state index in [4.69, 9.17) is 9.47 Å². The van der Waals surface area contributed by atoms with Crippen LogP contribution < -0.4 is 5.32 Å². The summed E-state index contributed by atoms with van der Waals surface area (Å²) < 4.78 is 14.4. The highest BCUT2D eigenvalue weighted by Crippen LogP contribution is 2.19. The fraction of sp³-hybridized carbons (Fsp3) is 0.421. The molecule has 26 heavy (non-hydrogen) atoms. The smallest absolute Gasteiger partial charge is 0.347 e. The molecule has 0 aliphatic heterocycles. The molecule has 0 unspecified atom stereocenters. The van der Waals surface area contributed by atoms with Crippen molar-refractivity contribution < 1.29 is 28.6 Å². The number of esters is 3. The van der Waals surface area contributed by atoms with E-state index in [2.05, 4.69) is 10.1 Å². The Morgan fingerprint density at radius 2 is 1.65 bits per heavy atom. The van der Waals surface area contributed by atoms with Gasteiger partial charge in [-0.25, -0.2) is 9.59 Å². The SMILES string of the molecule is COC(=O)/C(C[C@H](OC(C)=O)C(=O)OC)=C(/C)N[C@@H](C)c1ccccc1. The summed E-state index contributed by atoms with van der Waals surface area (Å²) in [6.07, 6.45) is -1.38. The van der Waals surface area contributed by atoms with Crippen molar-refractivity contribution in [2.24, 2.45) is 0 Å². The van der Waals surface area contributed by atoms with Crippen LogP contribution >= 0.6 is 0 Å². The predicted octanol–water partition coefficient (Wildman–Crippen LogP) is 2.28. The van der Waals surface area contributed by atoms with Crippen molar-refractivity contribution >= 4 is 17.9 Å². The second-order valence-electron chi connectivity index (χ2n) is 5.70. The molecule has 7 nitrogen and oxygen atoms in total. The molecule has 0 heterocycles. The average molecular weight is 363 g/mol. The molecule has 0 saturated carbocycles. The van der Waals surface area contributed by atoms with Crippen molar-refractivity contribution in [1.29, 1.82) is 0 Å². The van der Waals surface area contributed by atoms with E-state index >= 15 is 0 Å². The number of carbonyl (C=O) groups is 3. The van der Waals surface area contributed by atoms with Gasteiger partial charge in [0.15, 0.2) is 0 Å². The van der Waals surface area contributed by atoms with Gasteiger partial charge in [-0.05, 0) is 19.4 Å². The van der Waals surface area contributed by atoms with Gasteiger partial charge >= 0.3 is 17.9 Å². The monoisotopic (exact) mass is 363 g/mol. The number of benzene rings is 1. The Balaban J connectivity index is 3.09. The molecule has 0 aliphatic rings. The van der Waals surface area contributed by atoms with Crippen LogP contribution in [0.4, 0.5) is 0 Å². The number of carbonyl (C=O) groups excluding carboxylic acids is 3. The molecule has 0 amide bonds. The number of nitrogens with one attached hydrogen (secondary N) is 1. The standard InChI is InChI=1S/C19H25NO6/c1-12(15-9-7-6-8-10-15)20-13(2)16(18(22)24-4)11-17(19(23)25-5)26-14(3)21/h6-10,12,17,20H,11H2,1-5H3/b16-13-/t12-,17-/m0/s1. The Labute approximate surface area is 153 Å². The molecular weight excluding hydrogens is 338 g/mol. The molecule has 0 aliphatic carbocycles. The molecule has 1 aromatic carbocycles. The van der Waals surface area contributed by atoms with Gasteiger partial charge in [-0.15, -0.1) is 0 Å². The lowest BCUT2D eigenvalue weighted by atomic mass is 10.0. The van der Waals surface area contributed by atoms with Crippen LogP contribution in [0.15, 0.2) is 41.6 Å². The highest BCUT2D eigenvalue weighted by molar-refractivity contribution is 5.91. The van der Waals surface area contributed by atoms with E-state index in [1.165, 1.54) is 21.1 Å². The first-order valence-electron chi connectivity index (χ1n) is 8.14. The van der Waals surface area contributed by atoms with Crippen LogP contribution in [-0.4, -0.2) is 38.2 Å². The number of allylic oxidation sites excluding steroid dienone is 1. The molecule has 2 atom stereocenters. The van der Waals surface area contributed by atoms with Gasteiger partial charge in [0.25, 0.3) is 0 Å². The molecular formula is C19H25NO6. The summed E-state index contributed by atoms with van der Waals surface area (Å²) in [5.74, 6) is -2.00. The third kappa shape index (κ3) is 6.23. The first-order chi connectivity index (χ1) is 12.3. The largest absolute Gasteiger partial charge is 0.466 e. The van der Waals surface area contributed by atoms with E-state index < -0.39 is 24.0 Å². The Bertz CT molecular complexity index is 668. The quantitative estimate of drug-likeness (QED) is 0.430. The minimum atomic E-state index is -1.23. The predicted molar refractivity (Wildman–Crippen MR) is 94.9 cm³/mol. The van der Waals surface area contributed by atoms with Gasteiger partial charge in [0.1, 0.15) is 0 Å². The number of hydrogen-bond donors (Lipinski definition) is 1. The molecule has 0 aromatic heterocycles. The highest BCUT2D eigenvalue weighted by Gasteiger charge is 2.28. The fourth-order valence-electron chi connectivity index (χ4n) is 2.44. The molecule has 0 saturated heterocycles. The van der Waals surface area contributed by atoms with Crippen molar-refractivity contribution in [1.82, 2.24) is 5.32 Å². The molecule has 0 bridgehead atoms. The molecule has 0 spiro atoms. The van der Waals surface area contributed by atoms with Crippen LogP contribution in [0, 0.1) is 0 Å². The summed E-state index contributed by atoms with van der Waals surface area (Å²) in [5, 5.41) is 3.21. The third-order valence-corrected chi connectivity index (χ3v) is 3.78. The van der Waals surface area contributed by atoms with E-state index in [9.17, 15) is 14.4 Å². The van der Waals surface area contributed by atoms with Gasteiger partial charge in [-0.3, -0.25) is 4.79 Å². The summed E-state index contributed by atoms with van der Waals surface area (Å²) in [6, 6.07) is 9.58. The van der Waals surface area contributed by atoms with Crippen LogP contribution in [0.2, 0.25) is 0 Å². The van der Waals surface area contributed by atoms with Crippen LogP contribution in [0.25, 0.3) is 0 Å². The van der Waals surface area contributed by atoms with Gasteiger partial charge in [-0.2, -0.15) is 0 Å². The van der Waals surface area contributed by atoms with E-state index in [1.807, 2.05) is 37.3 Å². The van der Waals surface area contributed by atoms with Crippen LogP contribution in [0.3, 0.4) is 0 Å². The number of methoxy groups -OCH3 is 2. The number of ether oxygens (including phenoxy) is 3. The minimum Gasteiger partial charge on any atom is -0.466 e. The number of hydrogen-bond acceptors (Lipinski definition) is 7. The Morgan fingerprint density at radius 3 is 2.15 bits per heavy atom. The number of rotatable bonds is 8. The molecule has 1 rings (SSSR count). The Kier molecular flexibility index (Phi) is 8.34. The Morgan fingerprint density at radius 1 is 1.04 bits per heavy atom. The molecule has 142 valence electrons. The van der Waals surface area contributed by atoms with E-state index in [0.29, 0.717) is 5.70 Å². The van der Waals surface area contributed by atoms with Crippen LogP contribution in [0.5, 0.6) is 0 Å². The zero-order chi connectivity index (χ0) is 19.7. The van der Waals surface area contributed by atoms with Crippen LogP contribution in [-0.2, 0) is 28.6 Å². The van der Waals surface area contributed by atoms with Gasteiger partial charge in [-0.1, -0.05) is 30.3 Å². The summed E-state index contributed by atoms with van der Waals surface area (Å²) >= 11 is 0. The van der Waals surface area contributed by atoms with Crippen LogP contribution in [0.1, 0.15) is 38.8 Å². The topological polar surface area (TPSA) is 90.9 Å². The van der Waals surface area contributed by atoms with Gasteiger partial charge in [0.2, 0.25) is 6.10 Å². The van der Waals surface area contributed by atoms with Gasteiger partial charge < -0.3 is 19.5 Å². The molecule has 1 N–H and O–H groups in total. The van der Waals surface area contributed by atoms with E-state index in [1.54, 1.807) is 6.92 Å². The van der Waals surface area contributed by atoms with Crippen molar-refractivity contribution in [3.63, 3.8) is 0 Å². The first kappa shape index (κ1) is 21.2. The second-order valence-corrected chi connectivity index (χ2v) is 5.70. The highest BCUT2D eigenvalue weighted by atomic mass is 16.6. The Hall–Kier alpha value is -2.83. The van der Waals surface area contributed by atoms with Crippen molar-refractivity contribution in [2.75, 3.05) is 14.2 Å². The zero-order valence-electron chi connectivity index (χ0n) is 15.7. The normalized spacial score (nSPS) is 13.7. The molecule has 0 radical (unpaired) electrons. The maximum absolute atomic E-state index is 12.2. The molecule has 0 fully saturated rings. The summed E-state index contributed by atoms with van der Waals surface area (Å²) in [7, 11) is 2.43. The zero-order valence-corrected chi connectivity index (χ0v) is 15.7. The first-order valence-corrected chi connectivity index (χ1v) is 8.14. The molecule has 1 aromatic rings. The second kappa shape index (κ2) is 10.2. The van der Waals surface area contributed by atoms with Crippen molar-refractivity contribution in [3.05, 3.63) is 47.2 Å².